The van der Waals surface area contributed by atoms with Crippen LogP contribution in [0.4, 0.5) is 0 Å². The molecule has 110 valence electrons. The average Bonchev–Trinajstić information content (AvgIpc) is 2.86. The van der Waals surface area contributed by atoms with Crippen LogP contribution in [-0.4, -0.2) is 9.78 Å². The van der Waals surface area contributed by atoms with E-state index in [1.807, 2.05) is 0 Å². The molecule has 0 amide bonds. The van der Waals surface area contributed by atoms with Gasteiger partial charge in [0.2, 0.25) is 0 Å². The van der Waals surface area contributed by atoms with E-state index in [-0.39, 0.29) is 6.04 Å². The fraction of sp³-hybridized carbons (Fsp3) is 0.812. The molecule has 19 heavy (non-hydrogen) atoms. The summed E-state index contributed by atoms with van der Waals surface area (Å²) in [6, 6.07) is 2.34. The minimum atomic E-state index is 0.152. The molecule has 1 aromatic rings. The molecule has 1 atom stereocenters. The summed E-state index contributed by atoms with van der Waals surface area (Å²) in [6.07, 6.45) is 10.0. The number of hydrogen-bond acceptors (Lipinski definition) is 2. The highest BCUT2D eigenvalue weighted by Crippen LogP contribution is 2.19. The molecule has 1 rings (SSSR count). The maximum atomic E-state index is 6.32. The molecule has 0 aliphatic rings. The summed E-state index contributed by atoms with van der Waals surface area (Å²) >= 11 is 0. The third kappa shape index (κ3) is 5.35. The zero-order valence-electron chi connectivity index (χ0n) is 13.0. The minimum absolute atomic E-state index is 0.152. The van der Waals surface area contributed by atoms with Crippen molar-refractivity contribution in [3.05, 3.63) is 17.5 Å². The Hall–Kier alpha value is -0.830. The summed E-state index contributed by atoms with van der Waals surface area (Å²) in [5, 5.41) is 4.57. The van der Waals surface area contributed by atoms with Crippen LogP contribution in [0, 0.1) is 0 Å². The summed E-state index contributed by atoms with van der Waals surface area (Å²) in [5.74, 6) is 0. The standard InChI is InChI=1S/C16H31N3/c1-4-7-8-9-10-11-12-15(17)16-13-14(5-2)18-19(16)6-3/h13,15H,4-12,17H2,1-3H3. The number of rotatable bonds is 10. The van der Waals surface area contributed by atoms with Crippen molar-refractivity contribution in [1.29, 1.82) is 0 Å². The van der Waals surface area contributed by atoms with Crippen LogP contribution in [0.25, 0.3) is 0 Å². The zero-order chi connectivity index (χ0) is 14.1. The maximum Gasteiger partial charge on any atom is 0.0625 e. The molecule has 0 aliphatic heterocycles. The first-order valence-electron chi connectivity index (χ1n) is 8.05. The topological polar surface area (TPSA) is 43.8 Å². The van der Waals surface area contributed by atoms with Gasteiger partial charge in [0, 0.05) is 12.6 Å². The first-order chi connectivity index (χ1) is 9.22. The van der Waals surface area contributed by atoms with Gasteiger partial charge in [-0.05, 0) is 25.8 Å². The molecule has 0 aromatic carbocycles. The lowest BCUT2D eigenvalue weighted by Crippen LogP contribution is -2.15. The highest BCUT2D eigenvalue weighted by molar-refractivity contribution is 5.14. The van der Waals surface area contributed by atoms with E-state index in [9.17, 15) is 0 Å². The van der Waals surface area contributed by atoms with Gasteiger partial charge in [-0.1, -0.05) is 52.4 Å². The Morgan fingerprint density at radius 1 is 1.11 bits per heavy atom. The molecule has 1 heterocycles. The molecule has 0 fully saturated rings. The third-order valence-corrected chi connectivity index (χ3v) is 3.77. The van der Waals surface area contributed by atoms with Gasteiger partial charge in [-0.15, -0.1) is 0 Å². The van der Waals surface area contributed by atoms with Crippen LogP contribution in [0.15, 0.2) is 6.07 Å². The van der Waals surface area contributed by atoms with Crippen molar-refractivity contribution in [1.82, 2.24) is 9.78 Å². The van der Waals surface area contributed by atoms with E-state index < -0.39 is 0 Å². The van der Waals surface area contributed by atoms with Crippen molar-refractivity contribution < 1.29 is 0 Å². The van der Waals surface area contributed by atoms with Gasteiger partial charge < -0.3 is 5.73 Å². The van der Waals surface area contributed by atoms with Gasteiger partial charge in [0.1, 0.15) is 0 Å². The lowest BCUT2D eigenvalue weighted by molar-refractivity contribution is 0.508. The van der Waals surface area contributed by atoms with Gasteiger partial charge in [0.15, 0.2) is 0 Å². The predicted molar refractivity (Wildman–Crippen MR) is 82.2 cm³/mol. The molecule has 0 spiro atoms. The van der Waals surface area contributed by atoms with E-state index in [1.165, 1.54) is 44.2 Å². The molecular formula is C16H31N3. The van der Waals surface area contributed by atoms with Crippen molar-refractivity contribution >= 4 is 0 Å². The Labute approximate surface area is 118 Å². The normalized spacial score (nSPS) is 12.8. The van der Waals surface area contributed by atoms with Crippen LogP contribution in [-0.2, 0) is 13.0 Å². The zero-order valence-corrected chi connectivity index (χ0v) is 13.0. The molecule has 0 bridgehead atoms. The van der Waals surface area contributed by atoms with E-state index in [2.05, 4.69) is 36.6 Å². The van der Waals surface area contributed by atoms with E-state index in [1.54, 1.807) is 0 Å². The number of nitrogens with zero attached hydrogens (tertiary/aromatic N) is 2. The summed E-state index contributed by atoms with van der Waals surface area (Å²) in [6.45, 7) is 7.45. The summed E-state index contributed by atoms with van der Waals surface area (Å²) in [7, 11) is 0. The lowest BCUT2D eigenvalue weighted by Gasteiger charge is -2.13. The summed E-state index contributed by atoms with van der Waals surface area (Å²) in [5.41, 5.74) is 8.70. The molecule has 0 aliphatic carbocycles. The van der Waals surface area contributed by atoms with E-state index >= 15 is 0 Å². The molecule has 3 heteroatoms. The first kappa shape index (κ1) is 16.2. The van der Waals surface area contributed by atoms with Crippen LogP contribution < -0.4 is 5.73 Å². The van der Waals surface area contributed by atoms with Gasteiger partial charge in [-0.2, -0.15) is 5.10 Å². The number of unbranched alkanes of at least 4 members (excludes halogenated alkanes) is 5. The first-order valence-corrected chi connectivity index (χ1v) is 8.05. The van der Waals surface area contributed by atoms with Gasteiger partial charge >= 0.3 is 0 Å². The Bertz CT molecular complexity index is 344. The van der Waals surface area contributed by atoms with Crippen molar-refractivity contribution in [2.45, 2.75) is 84.7 Å². The van der Waals surface area contributed by atoms with Crippen molar-refractivity contribution in [2.75, 3.05) is 0 Å². The van der Waals surface area contributed by atoms with Crippen LogP contribution in [0.5, 0.6) is 0 Å². The van der Waals surface area contributed by atoms with Crippen LogP contribution in [0.3, 0.4) is 0 Å². The molecule has 1 unspecified atom stereocenters. The second-order valence-electron chi connectivity index (χ2n) is 5.39. The van der Waals surface area contributed by atoms with Gasteiger partial charge in [0.05, 0.1) is 11.4 Å². The fourth-order valence-corrected chi connectivity index (χ4v) is 2.50. The Balaban J connectivity index is 2.36. The highest BCUT2D eigenvalue weighted by atomic mass is 15.3. The maximum absolute atomic E-state index is 6.32. The molecule has 1 aromatic heterocycles. The number of aromatic nitrogens is 2. The molecule has 0 saturated carbocycles. The number of hydrogen-bond donors (Lipinski definition) is 1. The Kier molecular flexibility index (Phi) is 7.80. The lowest BCUT2D eigenvalue weighted by atomic mass is 10.0. The fourth-order valence-electron chi connectivity index (χ4n) is 2.50. The third-order valence-electron chi connectivity index (χ3n) is 3.77. The van der Waals surface area contributed by atoms with Crippen LogP contribution >= 0.6 is 0 Å². The van der Waals surface area contributed by atoms with Crippen molar-refractivity contribution in [2.24, 2.45) is 5.73 Å². The van der Waals surface area contributed by atoms with Gasteiger partial charge in [-0.3, -0.25) is 4.68 Å². The van der Waals surface area contributed by atoms with Crippen LogP contribution in [0.1, 0.15) is 83.1 Å². The van der Waals surface area contributed by atoms with E-state index in [0.29, 0.717) is 0 Å². The number of aryl methyl sites for hydroxylation is 2. The van der Waals surface area contributed by atoms with Gasteiger partial charge in [0.25, 0.3) is 0 Å². The number of nitrogens with two attached hydrogens (primary N) is 1. The molecule has 0 radical (unpaired) electrons. The minimum Gasteiger partial charge on any atom is -0.323 e. The average molecular weight is 265 g/mol. The monoisotopic (exact) mass is 265 g/mol. The summed E-state index contributed by atoms with van der Waals surface area (Å²) < 4.78 is 2.07. The van der Waals surface area contributed by atoms with Crippen molar-refractivity contribution in [3.8, 4) is 0 Å². The van der Waals surface area contributed by atoms with Crippen molar-refractivity contribution in [3.63, 3.8) is 0 Å². The summed E-state index contributed by atoms with van der Waals surface area (Å²) in [4.78, 5) is 0. The second-order valence-corrected chi connectivity index (χ2v) is 5.39. The molecule has 0 saturated heterocycles. The smallest absolute Gasteiger partial charge is 0.0625 e. The Morgan fingerprint density at radius 3 is 2.42 bits per heavy atom. The molecular weight excluding hydrogens is 234 g/mol. The van der Waals surface area contributed by atoms with E-state index in [0.717, 1.165) is 25.1 Å². The predicted octanol–water partition coefficient (Wildman–Crippen LogP) is 4.22. The molecule has 2 N–H and O–H groups in total. The SMILES string of the molecule is CCCCCCCCC(N)c1cc(CC)nn1CC. The second kappa shape index (κ2) is 9.13. The largest absolute Gasteiger partial charge is 0.323 e. The van der Waals surface area contributed by atoms with E-state index in [4.69, 9.17) is 5.73 Å². The quantitative estimate of drug-likeness (QED) is 0.644. The Morgan fingerprint density at radius 2 is 1.79 bits per heavy atom. The highest BCUT2D eigenvalue weighted by Gasteiger charge is 2.13. The van der Waals surface area contributed by atoms with Crippen LogP contribution in [0.2, 0.25) is 0 Å². The van der Waals surface area contributed by atoms with Gasteiger partial charge in [-0.25, -0.2) is 0 Å². The molecule has 3 nitrogen and oxygen atoms in total.